The molecule has 0 aromatic rings. The van der Waals surface area contributed by atoms with Crippen LogP contribution in [-0.4, -0.2) is 65.8 Å². The molecule has 1 unspecified atom stereocenters. The number of nitrogens with one attached hydrogen (secondary N) is 1. The van der Waals surface area contributed by atoms with Gasteiger partial charge in [-0.2, -0.15) is 0 Å². The number of rotatable bonds is 4. The molecular weight excluding hydrogens is 417 g/mol. The summed E-state index contributed by atoms with van der Waals surface area (Å²) in [4.78, 5) is 13.0. The zero-order valence-electron chi connectivity index (χ0n) is 13.8. The van der Waals surface area contributed by atoms with E-state index < -0.39 is 49.8 Å². The molecule has 0 bridgehead atoms. The SMILES string of the molecule is CC(C)OP1(=S)OC[C@@]2(C(F)F)O[C@@H](N3C=C(Cl)CNC3=O)[C@H](O)[C@@H]2O1. The van der Waals surface area contributed by atoms with Crippen molar-refractivity contribution in [3.63, 3.8) is 0 Å². The number of alkyl halides is 2. The van der Waals surface area contributed by atoms with E-state index in [2.05, 4.69) is 5.32 Å². The van der Waals surface area contributed by atoms with Crippen LogP contribution in [0, 0.1) is 0 Å². The van der Waals surface area contributed by atoms with Gasteiger partial charge in [-0.1, -0.05) is 11.6 Å². The highest BCUT2D eigenvalue weighted by molar-refractivity contribution is 8.07. The highest BCUT2D eigenvalue weighted by atomic mass is 35.5. The molecule has 0 spiro atoms. The van der Waals surface area contributed by atoms with E-state index in [1.165, 1.54) is 6.20 Å². The Balaban J connectivity index is 1.91. The Bertz CT molecular complexity index is 671. The Morgan fingerprint density at radius 3 is 2.88 bits per heavy atom. The number of nitrogens with zero attached hydrogens (tertiary/aromatic N) is 1. The van der Waals surface area contributed by atoms with Crippen molar-refractivity contribution in [1.82, 2.24) is 10.2 Å². The number of aliphatic hydroxyl groups is 1. The molecular formula is C13H18ClF2N2O6PS. The summed E-state index contributed by atoms with van der Waals surface area (Å²) in [5, 5.41) is 13.3. The zero-order valence-corrected chi connectivity index (χ0v) is 16.3. The number of urea groups is 1. The lowest BCUT2D eigenvalue weighted by Crippen LogP contribution is -2.56. The summed E-state index contributed by atoms with van der Waals surface area (Å²) in [6.07, 6.45) is -6.82. The van der Waals surface area contributed by atoms with Gasteiger partial charge >= 0.3 is 12.7 Å². The predicted octanol–water partition coefficient (Wildman–Crippen LogP) is 1.88. The van der Waals surface area contributed by atoms with Gasteiger partial charge in [0, 0.05) is 6.20 Å². The third-order valence-electron chi connectivity index (χ3n) is 4.02. The standard InChI is InChI=1S/C13H18ClF2N2O6PS/c1-6(2)23-25(26)21-5-13(11(15)16)9(24-25)8(19)10(22-13)18-4-7(14)3-17-12(18)20/h4,6,8-11,19H,3,5H2,1-2H3,(H,17,20)/t8-,9+,10-,13-,25?/m1/s1. The molecule has 0 radical (unpaired) electrons. The van der Waals surface area contributed by atoms with Crippen LogP contribution >= 0.6 is 18.3 Å². The van der Waals surface area contributed by atoms with Gasteiger partial charge < -0.3 is 24.2 Å². The minimum atomic E-state index is -3.35. The van der Waals surface area contributed by atoms with E-state index in [0.717, 1.165) is 4.90 Å². The Kier molecular flexibility index (Phi) is 5.64. The summed E-state index contributed by atoms with van der Waals surface area (Å²) in [6, 6.07) is -0.653. The first-order chi connectivity index (χ1) is 12.1. The number of aliphatic hydroxyl groups excluding tert-OH is 1. The molecule has 0 saturated carbocycles. The average molecular weight is 435 g/mol. The Morgan fingerprint density at radius 2 is 2.27 bits per heavy atom. The number of carbonyl (C=O) groups is 1. The lowest BCUT2D eigenvalue weighted by atomic mass is 9.96. The fraction of sp³-hybridized carbons (Fsp3) is 0.769. The number of hydrogen-bond acceptors (Lipinski definition) is 7. The minimum absolute atomic E-state index is 0.0891. The van der Waals surface area contributed by atoms with Gasteiger partial charge in [-0.15, -0.1) is 0 Å². The van der Waals surface area contributed by atoms with Crippen molar-refractivity contribution in [2.45, 2.75) is 50.4 Å². The fourth-order valence-electron chi connectivity index (χ4n) is 2.89. The third-order valence-corrected chi connectivity index (χ3v) is 6.69. The second-order valence-electron chi connectivity index (χ2n) is 6.30. The summed E-state index contributed by atoms with van der Waals surface area (Å²) in [7, 11) is 0. The van der Waals surface area contributed by atoms with Crippen molar-refractivity contribution in [3.05, 3.63) is 11.2 Å². The van der Waals surface area contributed by atoms with E-state index in [4.69, 9.17) is 41.7 Å². The average Bonchev–Trinajstić information content (AvgIpc) is 2.83. The van der Waals surface area contributed by atoms with Crippen molar-refractivity contribution in [3.8, 4) is 0 Å². The van der Waals surface area contributed by atoms with Crippen LogP contribution in [-0.2, 0) is 30.1 Å². The second-order valence-corrected chi connectivity index (χ2v) is 9.70. The maximum absolute atomic E-state index is 13.8. The van der Waals surface area contributed by atoms with Gasteiger partial charge in [0.05, 0.1) is 24.3 Å². The van der Waals surface area contributed by atoms with E-state index in [0.29, 0.717) is 0 Å². The Labute approximate surface area is 158 Å². The smallest absolute Gasteiger partial charge is 0.328 e. The van der Waals surface area contributed by atoms with Crippen LogP contribution in [0.3, 0.4) is 0 Å². The number of fused-ring (bicyclic) bond motifs is 1. The van der Waals surface area contributed by atoms with Gasteiger partial charge in [-0.25, -0.2) is 13.6 Å². The molecule has 3 heterocycles. The quantitative estimate of drug-likeness (QED) is 0.653. The normalized spacial score (nSPS) is 40.6. The molecule has 0 aliphatic carbocycles. The molecule has 148 valence electrons. The topological polar surface area (TPSA) is 89.5 Å². The van der Waals surface area contributed by atoms with E-state index in [1.54, 1.807) is 13.8 Å². The van der Waals surface area contributed by atoms with Crippen molar-refractivity contribution in [1.29, 1.82) is 0 Å². The van der Waals surface area contributed by atoms with Crippen molar-refractivity contribution in [2.24, 2.45) is 0 Å². The summed E-state index contributed by atoms with van der Waals surface area (Å²) in [6.45, 7) is -0.533. The minimum Gasteiger partial charge on any atom is -0.386 e. The van der Waals surface area contributed by atoms with E-state index in [-0.39, 0.29) is 17.7 Å². The molecule has 3 aliphatic rings. The van der Waals surface area contributed by atoms with Crippen molar-refractivity contribution >= 4 is 36.2 Å². The van der Waals surface area contributed by atoms with Gasteiger partial charge in [0.25, 0.3) is 6.43 Å². The van der Waals surface area contributed by atoms with Gasteiger partial charge in [0.15, 0.2) is 11.8 Å². The number of halogens is 3. The molecule has 2 fully saturated rings. The van der Waals surface area contributed by atoms with Gasteiger partial charge in [0.1, 0.15) is 12.2 Å². The summed E-state index contributed by atoms with van der Waals surface area (Å²) in [5.41, 5.74) is -2.29. The molecule has 0 aromatic carbocycles. The van der Waals surface area contributed by atoms with Crippen LogP contribution in [0.4, 0.5) is 13.6 Å². The Hall–Kier alpha value is -0.390. The number of carbonyl (C=O) groups excluding carboxylic acids is 1. The molecule has 2 amide bonds. The summed E-state index contributed by atoms with van der Waals surface area (Å²) in [5.74, 6) is 0. The van der Waals surface area contributed by atoms with Crippen LogP contribution in [0.25, 0.3) is 0 Å². The van der Waals surface area contributed by atoms with E-state index >= 15 is 0 Å². The lowest BCUT2D eigenvalue weighted by Gasteiger charge is -2.41. The number of ether oxygens (including phenoxy) is 1. The third kappa shape index (κ3) is 3.51. The molecule has 2 N–H and O–H groups in total. The Morgan fingerprint density at radius 1 is 1.58 bits per heavy atom. The zero-order chi connectivity index (χ0) is 19.3. The maximum atomic E-state index is 13.8. The first-order valence-corrected chi connectivity index (χ1v) is 10.7. The van der Waals surface area contributed by atoms with Crippen molar-refractivity contribution < 1.29 is 37.0 Å². The summed E-state index contributed by atoms with van der Waals surface area (Å²) >= 11 is 11.1. The molecule has 3 aliphatic heterocycles. The maximum Gasteiger partial charge on any atom is 0.328 e. The summed E-state index contributed by atoms with van der Waals surface area (Å²) < 4.78 is 49.3. The van der Waals surface area contributed by atoms with Crippen LogP contribution in [0.2, 0.25) is 0 Å². The first-order valence-electron chi connectivity index (χ1n) is 7.76. The van der Waals surface area contributed by atoms with Crippen LogP contribution < -0.4 is 5.32 Å². The van der Waals surface area contributed by atoms with Gasteiger partial charge in [-0.05, 0) is 25.7 Å². The van der Waals surface area contributed by atoms with E-state index in [1.807, 2.05) is 0 Å². The molecule has 26 heavy (non-hydrogen) atoms. The highest BCUT2D eigenvalue weighted by Gasteiger charge is 2.67. The monoisotopic (exact) mass is 434 g/mol. The lowest BCUT2D eigenvalue weighted by molar-refractivity contribution is -0.205. The molecule has 2 saturated heterocycles. The number of amides is 2. The van der Waals surface area contributed by atoms with Crippen LogP contribution in [0.15, 0.2) is 11.2 Å². The van der Waals surface area contributed by atoms with Crippen LogP contribution in [0.5, 0.6) is 0 Å². The fourth-order valence-corrected chi connectivity index (χ4v) is 5.64. The number of hydrogen-bond donors (Lipinski definition) is 2. The molecule has 0 aromatic heterocycles. The van der Waals surface area contributed by atoms with Gasteiger partial charge in [0.2, 0.25) is 0 Å². The molecule has 8 nitrogen and oxygen atoms in total. The van der Waals surface area contributed by atoms with Crippen LogP contribution in [0.1, 0.15) is 13.8 Å². The van der Waals surface area contributed by atoms with E-state index in [9.17, 15) is 18.7 Å². The van der Waals surface area contributed by atoms with Crippen molar-refractivity contribution in [2.75, 3.05) is 13.2 Å². The second kappa shape index (κ2) is 7.21. The highest BCUT2D eigenvalue weighted by Crippen LogP contribution is 2.60. The first kappa shape index (κ1) is 20.3. The largest absolute Gasteiger partial charge is 0.386 e. The molecule has 3 rings (SSSR count). The molecule has 5 atom stereocenters. The predicted molar refractivity (Wildman–Crippen MR) is 90.1 cm³/mol. The molecule has 13 heteroatoms. The van der Waals surface area contributed by atoms with Gasteiger partial charge in [-0.3, -0.25) is 9.42 Å².